The Balaban J connectivity index is 2.74. The second-order valence-corrected chi connectivity index (χ2v) is 5.96. The van der Waals surface area contributed by atoms with E-state index in [2.05, 4.69) is 36.7 Å². The largest absolute Gasteiger partial charge is 0.294 e. The molecule has 0 fully saturated rings. The Hall–Kier alpha value is -0.700. The van der Waals surface area contributed by atoms with Crippen molar-refractivity contribution in [1.29, 1.82) is 0 Å². The third kappa shape index (κ3) is 4.05. The minimum atomic E-state index is -0.334. The molecule has 0 radical (unpaired) electrons. The molecule has 88 valence electrons. The first kappa shape index (κ1) is 13.4. The van der Waals surface area contributed by atoms with E-state index in [9.17, 15) is 9.18 Å². The maximum absolute atomic E-state index is 12.8. The summed E-state index contributed by atoms with van der Waals surface area (Å²) in [6.45, 7) is 6.29. The van der Waals surface area contributed by atoms with Crippen molar-refractivity contribution in [3.05, 3.63) is 34.1 Å². The van der Waals surface area contributed by atoms with Gasteiger partial charge in [-0.25, -0.2) is 4.39 Å². The Kier molecular flexibility index (Phi) is 4.25. The number of Topliss-reactive ketones (excluding diaryl/α,β-unsaturated/α-hetero) is 1. The van der Waals surface area contributed by atoms with Gasteiger partial charge in [0.2, 0.25) is 0 Å². The van der Waals surface area contributed by atoms with E-state index in [1.54, 1.807) is 0 Å². The quantitative estimate of drug-likeness (QED) is 0.743. The van der Waals surface area contributed by atoms with Gasteiger partial charge in [0.25, 0.3) is 0 Å². The summed E-state index contributed by atoms with van der Waals surface area (Å²) in [6, 6.07) is 4.17. The van der Waals surface area contributed by atoms with Crippen LogP contribution in [0.5, 0.6) is 0 Å². The molecule has 0 unspecified atom stereocenters. The zero-order valence-corrected chi connectivity index (χ0v) is 11.4. The van der Waals surface area contributed by atoms with Crippen molar-refractivity contribution in [2.75, 3.05) is 0 Å². The van der Waals surface area contributed by atoms with E-state index >= 15 is 0 Å². The number of rotatable bonds is 3. The van der Waals surface area contributed by atoms with Gasteiger partial charge in [-0.1, -0.05) is 20.8 Å². The molecular weight excluding hydrogens is 271 g/mol. The molecule has 1 nitrogen and oxygen atoms in total. The number of carbonyl (C=O) groups excluding carboxylic acids is 1. The monoisotopic (exact) mass is 286 g/mol. The third-order valence-electron chi connectivity index (χ3n) is 2.33. The molecule has 0 spiro atoms. The molecule has 16 heavy (non-hydrogen) atoms. The van der Waals surface area contributed by atoms with Gasteiger partial charge in [0, 0.05) is 16.5 Å². The Morgan fingerprint density at radius 1 is 1.38 bits per heavy atom. The number of halogens is 2. The maximum atomic E-state index is 12.8. The molecule has 0 amide bonds. The maximum Gasteiger partial charge on any atom is 0.164 e. The summed E-state index contributed by atoms with van der Waals surface area (Å²) in [4.78, 5) is 11.9. The summed E-state index contributed by atoms with van der Waals surface area (Å²) >= 11 is 3.21. The van der Waals surface area contributed by atoms with Crippen LogP contribution in [0.25, 0.3) is 0 Å². The van der Waals surface area contributed by atoms with Crippen molar-refractivity contribution < 1.29 is 9.18 Å². The first-order chi connectivity index (χ1) is 7.29. The van der Waals surface area contributed by atoms with Crippen molar-refractivity contribution >= 4 is 21.7 Å². The highest BCUT2D eigenvalue weighted by Gasteiger charge is 2.15. The minimum Gasteiger partial charge on any atom is -0.294 e. The summed E-state index contributed by atoms with van der Waals surface area (Å²) < 4.78 is 13.4. The van der Waals surface area contributed by atoms with Crippen LogP contribution < -0.4 is 0 Å². The molecule has 0 aliphatic rings. The van der Waals surface area contributed by atoms with Gasteiger partial charge in [-0.15, -0.1) is 0 Å². The lowest BCUT2D eigenvalue weighted by Crippen LogP contribution is -2.09. The predicted octanol–water partition coefficient (Wildman–Crippen LogP) is 4.60. The lowest BCUT2D eigenvalue weighted by atomic mass is 9.88. The van der Waals surface area contributed by atoms with Gasteiger partial charge in [-0.3, -0.25) is 4.79 Å². The Morgan fingerprint density at radius 2 is 2.00 bits per heavy atom. The van der Waals surface area contributed by atoms with Crippen LogP contribution in [0, 0.1) is 11.2 Å². The number of ketones is 1. The van der Waals surface area contributed by atoms with Gasteiger partial charge in [0.1, 0.15) is 5.82 Å². The summed E-state index contributed by atoms with van der Waals surface area (Å²) in [5, 5.41) is 0. The molecule has 0 aliphatic heterocycles. The van der Waals surface area contributed by atoms with Crippen LogP contribution in [0.4, 0.5) is 4.39 Å². The Morgan fingerprint density at radius 3 is 2.50 bits per heavy atom. The summed E-state index contributed by atoms with van der Waals surface area (Å²) in [5.41, 5.74) is 0.702. The predicted molar refractivity (Wildman–Crippen MR) is 67.1 cm³/mol. The summed E-state index contributed by atoms with van der Waals surface area (Å²) in [6.07, 6.45) is 1.32. The van der Waals surface area contributed by atoms with Crippen molar-refractivity contribution in [2.24, 2.45) is 5.41 Å². The first-order valence-electron chi connectivity index (χ1n) is 5.28. The van der Waals surface area contributed by atoms with E-state index in [-0.39, 0.29) is 17.0 Å². The highest BCUT2D eigenvalue weighted by Crippen LogP contribution is 2.25. The zero-order valence-electron chi connectivity index (χ0n) is 9.81. The fourth-order valence-corrected chi connectivity index (χ4v) is 1.91. The first-order valence-corrected chi connectivity index (χ1v) is 6.07. The van der Waals surface area contributed by atoms with Gasteiger partial charge in [-0.05, 0) is 46.0 Å². The molecule has 1 aromatic carbocycles. The molecule has 0 aliphatic carbocycles. The third-order valence-corrected chi connectivity index (χ3v) is 2.99. The zero-order chi connectivity index (χ0) is 12.3. The van der Waals surface area contributed by atoms with Gasteiger partial charge >= 0.3 is 0 Å². The highest BCUT2D eigenvalue weighted by molar-refractivity contribution is 9.10. The van der Waals surface area contributed by atoms with Crippen LogP contribution in [-0.2, 0) is 0 Å². The van der Waals surface area contributed by atoms with Crippen molar-refractivity contribution in [3.63, 3.8) is 0 Å². The van der Waals surface area contributed by atoms with Crippen LogP contribution in [-0.4, -0.2) is 5.78 Å². The fraction of sp³-hybridized carbons (Fsp3) is 0.462. The second-order valence-electron chi connectivity index (χ2n) is 5.11. The Labute approximate surface area is 104 Å². The molecule has 0 atom stereocenters. The lowest BCUT2D eigenvalue weighted by Gasteiger charge is -2.17. The number of hydrogen-bond acceptors (Lipinski definition) is 1. The van der Waals surface area contributed by atoms with Gasteiger partial charge in [0.15, 0.2) is 5.78 Å². The number of benzene rings is 1. The smallest absolute Gasteiger partial charge is 0.164 e. The number of carbonyl (C=O) groups is 1. The van der Waals surface area contributed by atoms with E-state index in [1.165, 1.54) is 18.2 Å². The molecule has 0 saturated carbocycles. The summed E-state index contributed by atoms with van der Waals surface area (Å²) in [7, 11) is 0. The standard InChI is InChI=1S/C13H16BrFO/c1-13(2,3)7-6-12(16)10-5-4-9(15)8-11(10)14/h4-5,8H,6-7H2,1-3H3. The van der Waals surface area contributed by atoms with Crippen LogP contribution >= 0.6 is 15.9 Å². The van der Waals surface area contributed by atoms with Crippen molar-refractivity contribution in [2.45, 2.75) is 33.6 Å². The lowest BCUT2D eigenvalue weighted by molar-refractivity contribution is 0.0965. The van der Waals surface area contributed by atoms with E-state index < -0.39 is 0 Å². The minimum absolute atomic E-state index is 0.0572. The molecule has 1 rings (SSSR count). The average molecular weight is 287 g/mol. The van der Waals surface area contributed by atoms with Crippen LogP contribution in [0.2, 0.25) is 0 Å². The fourth-order valence-electron chi connectivity index (χ4n) is 1.34. The Bertz CT molecular complexity index is 393. The molecule has 0 heterocycles. The normalized spacial score (nSPS) is 11.6. The van der Waals surface area contributed by atoms with E-state index in [1.807, 2.05) is 0 Å². The number of hydrogen-bond donors (Lipinski definition) is 0. The van der Waals surface area contributed by atoms with Gasteiger partial charge in [-0.2, -0.15) is 0 Å². The average Bonchev–Trinajstić information content (AvgIpc) is 2.13. The molecular formula is C13H16BrFO. The van der Waals surface area contributed by atoms with Gasteiger partial charge in [0.05, 0.1) is 0 Å². The topological polar surface area (TPSA) is 17.1 Å². The molecule has 1 aromatic rings. The van der Waals surface area contributed by atoms with E-state index in [0.717, 1.165) is 6.42 Å². The van der Waals surface area contributed by atoms with Gasteiger partial charge < -0.3 is 0 Å². The van der Waals surface area contributed by atoms with Crippen molar-refractivity contribution in [3.8, 4) is 0 Å². The molecule has 0 bridgehead atoms. The molecule has 0 aromatic heterocycles. The SMILES string of the molecule is CC(C)(C)CCC(=O)c1ccc(F)cc1Br. The van der Waals surface area contributed by atoms with Crippen LogP contribution in [0.15, 0.2) is 22.7 Å². The van der Waals surface area contributed by atoms with E-state index in [0.29, 0.717) is 16.5 Å². The summed E-state index contributed by atoms with van der Waals surface area (Å²) in [5.74, 6) is -0.277. The van der Waals surface area contributed by atoms with E-state index in [4.69, 9.17) is 0 Å². The molecule has 0 N–H and O–H groups in total. The van der Waals surface area contributed by atoms with Crippen molar-refractivity contribution in [1.82, 2.24) is 0 Å². The van der Waals surface area contributed by atoms with Crippen LogP contribution in [0.1, 0.15) is 44.0 Å². The highest BCUT2D eigenvalue weighted by atomic mass is 79.9. The molecule has 0 saturated heterocycles. The second kappa shape index (κ2) is 5.09. The molecule has 3 heteroatoms. The van der Waals surface area contributed by atoms with Crippen LogP contribution in [0.3, 0.4) is 0 Å².